The second kappa shape index (κ2) is 5.39. The fourth-order valence-electron chi connectivity index (χ4n) is 1.20. The Morgan fingerprint density at radius 1 is 1.38 bits per heavy atom. The van der Waals surface area contributed by atoms with E-state index in [9.17, 15) is 0 Å². The second-order valence-corrected chi connectivity index (χ2v) is 6.12. The molecule has 1 N–H and O–H groups in total. The van der Waals surface area contributed by atoms with Gasteiger partial charge in [0.05, 0.1) is 7.11 Å². The summed E-state index contributed by atoms with van der Waals surface area (Å²) in [5.41, 5.74) is 0. The Hall–Kier alpha value is -0.970. The Balaban J connectivity index is 3.04. The third kappa shape index (κ3) is 3.56. The van der Waals surface area contributed by atoms with Gasteiger partial charge in [0.1, 0.15) is 11.4 Å². The third-order valence-electron chi connectivity index (χ3n) is 1.72. The predicted molar refractivity (Wildman–Crippen MR) is 68.4 cm³/mol. The second-order valence-electron chi connectivity index (χ2n) is 4.31. The molecule has 0 saturated carbocycles. The highest BCUT2D eigenvalue weighted by Crippen LogP contribution is 2.38. The van der Waals surface area contributed by atoms with Crippen LogP contribution in [0.5, 0.6) is 5.75 Å². The molecule has 16 heavy (non-hydrogen) atoms. The lowest BCUT2D eigenvalue weighted by atomic mass is 10.3. The largest absolute Gasteiger partial charge is 0.490 e. The van der Waals surface area contributed by atoms with Gasteiger partial charge in [0.2, 0.25) is 0 Å². The Morgan fingerprint density at radius 3 is 2.56 bits per heavy atom. The van der Waals surface area contributed by atoms with E-state index >= 15 is 0 Å². The van der Waals surface area contributed by atoms with Gasteiger partial charge in [0.25, 0.3) is 0 Å². The van der Waals surface area contributed by atoms with Gasteiger partial charge in [-0.25, -0.2) is 9.97 Å². The minimum Gasteiger partial charge on any atom is -0.490 e. The maximum atomic E-state index is 5.37. The first-order chi connectivity index (χ1) is 7.48. The number of anilines is 1. The van der Waals surface area contributed by atoms with Gasteiger partial charge >= 0.3 is 0 Å². The zero-order valence-electron chi connectivity index (χ0n) is 10.5. The molecule has 0 aliphatic rings. The van der Waals surface area contributed by atoms with E-state index in [0.717, 1.165) is 23.1 Å². The fourth-order valence-corrected chi connectivity index (χ4v) is 2.15. The van der Waals surface area contributed by atoms with Gasteiger partial charge in [-0.2, -0.15) is 0 Å². The van der Waals surface area contributed by atoms with Crippen molar-refractivity contribution >= 4 is 17.6 Å². The summed E-state index contributed by atoms with van der Waals surface area (Å²) in [6.45, 7) is 9.27. The quantitative estimate of drug-likeness (QED) is 0.649. The molecule has 0 unspecified atom stereocenters. The van der Waals surface area contributed by atoms with Crippen LogP contribution in [0.3, 0.4) is 0 Å². The molecule has 0 fully saturated rings. The number of methoxy groups -OCH3 is 1. The van der Waals surface area contributed by atoms with Gasteiger partial charge in [-0.15, -0.1) is 0 Å². The summed E-state index contributed by atoms with van der Waals surface area (Å²) < 4.78 is 5.47. The summed E-state index contributed by atoms with van der Waals surface area (Å²) in [5, 5.41) is 4.04. The average Bonchev–Trinajstić information content (AvgIpc) is 2.16. The highest BCUT2D eigenvalue weighted by Gasteiger charge is 2.19. The summed E-state index contributed by atoms with van der Waals surface area (Å²) in [6.07, 6.45) is 1.56. The molecule has 0 atom stereocenters. The Kier molecular flexibility index (Phi) is 4.41. The molecule has 1 rings (SSSR count). The highest BCUT2D eigenvalue weighted by atomic mass is 32.2. The molecule has 1 aromatic heterocycles. The molecule has 1 aromatic rings. The van der Waals surface area contributed by atoms with Crippen LogP contribution >= 0.6 is 11.8 Å². The van der Waals surface area contributed by atoms with Crippen molar-refractivity contribution in [2.45, 2.75) is 37.5 Å². The van der Waals surface area contributed by atoms with Crippen LogP contribution in [0.25, 0.3) is 0 Å². The molecular weight excluding hydrogens is 222 g/mol. The number of aromatic nitrogens is 2. The minimum atomic E-state index is 0.102. The van der Waals surface area contributed by atoms with E-state index in [1.165, 1.54) is 0 Å². The molecule has 0 saturated heterocycles. The van der Waals surface area contributed by atoms with Crippen LogP contribution in [0, 0.1) is 0 Å². The first-order valence-corrected chi connectivity index (χ1v) is 6.11. The van der Waals surface area contributed by atoms with Gasteiger partial charge in [0.15, 0.2) is 11.6 Å². The van der Waals surface area contributed by atoms with E-state index in [4.69, 9.17) is 4.74 Å². The van der Waals surface area contributed by atoms with E-state index in [1.54, 1.807) is 25.2 Å². The molecule has 0 spiro atoms. The normalized spacial score (nSPS) is 11.3. The van der Waals surface area contributed by atoms with Crippen LogP contribution in [0.2, 0.25) is 0 Å². The molecule has 5 heteroatoms. The number of nitrogens with zero attached hydrogens (tertiary/aromatic N) is 2. The molecule has 0 radical (unpaired) electrons. The summed E-state index contributed by atoms with van der Waals surface area (Å²) in [5.74, 6) is 1.48. The zero-order chi connectivity index (χ0) is 12.2. The average molecular weight is 241 g/mol. The van der Waals surface area contributed by atoms with Gasteiger partial charge in [0, 0.05) is 11.3 Å². The molecule has 0 aromatic carbocycles. The molecule has 1 heterocycles. The number of hydrogen-bond acceptors (Lipinski definition) is 5. The van der Waals surface area contributed by atoms with Gasteiger partial charge in [-0.1, -0.05) is 32.5 Å². The molecule has 0 aliphatic carbocycles. The molecular formula is C11H19N3OS. The number of rotatable bonds is 4. The lowest BCUT2D eigenvalue weighted by molar-refractivity contribution is 0.400. The summed E-state index contributed by atoms with van der Waals surface area (Å²) >= 11 is 1.68. The van der Waals surface area contributed by atoms with E-state index in [1.807, 2.05) is 6.92 Å². The van der Waals surface area contributed by atoms with E-state index < -0.39 is 0 Å². The Labute approximate surface area is 101 Å². The van der Waals surface area contributed by atoms with Crippen LogP contribution in [0.4, 0.5) is 5.82 Å². The molecule has 0 amide bonds. The number of nitrogens with one attached hydrogen (secondary N) is 1. The number of ether oxygens (including phenoxy) is 1. The summed E-state index contributed by atoms with van der Waals surface area (Å²) in [6, 6.07) is 0. The standard InChI is InChI=1S/C11H19N3OS/c1-6-12-9-8(15-5)10(14-7-13-9)16-11(2,3)4/h7H,6H2,1-5H3,(H,12,13,14). The Bertz CT molecular complexity index is 350. The van der Waals surface area contributed by atoms with Crippen molar-refractivity contribution in [3.63, 3.8) is 0 Å². The third-order valence-corrected chi connectivity index (χ3v) is 2.82. The summed E-state index contributed by atoms with van der Waals surface area (Å²) in [7, 11) is 1.65. The fraction of sp³-hybridized carbons (Fsp3) is 0.636. The molecule has 0 aliphatic heterocycles. The van der Waals surface area contributed by atoms with Crippen molar-refractivity contribution < 1.29 is 4.74 Å². The van der Waals surface area contributed by atoms with Crippen molar-refractivity contribution in [1.82, 2.24) is 9.97 Å². The van der Waals surface area contributed by atoms with Crippen LogP contribution in [0.15, 0.2) is 11.4 Å². The topological polar surface area (TPSA) is 47.0 Å². The van der Waals surface area contributed by atoms with Gasteiger partial charge in [-0.05, 0) is 6.92 Å². The van der Waals surface area contributed by atoms with Crippen LogP contribution in [0.1, 0.15) is 27.7 Å². The van der Waals surface area contributed by atoms with Crippen LogP contribution in [-0.4, -0.2) is 28.4 Å². The highest BCUT2D eigenvalue weighted by molar-refractivity contribution is 8.00. The molecule has 4 nitrogen and oxygen atoms in total. The lowest BCUT2D eigenvalue weighted by Crippen LogP contribution is -2.10. The van der Waals surface area contributed by atoms with Crippen LogP contribution < -0.4 is 10.1 Å². The molecule has 90 valence electrons. The first-order valence-electron chi connectivity index (χ1n) is 5.29. The minimum absolute atomic E-state index is 0.102. The van der Waals surface area contributed by atoms with Crippen molar-refractivity contribution in [1.29, 1.82) is 0 Å². The lowest BCUT2D eigenvalue weighted by Gasteiger charge is -2.19. The van der Waals surface area contributed by atoms with Gasteiger partial charge in [-0.3, -0.25) is 0 Å². The van der Waals surface area contributed by atoms with Crippen molar-refractivity contribution in [2.75, 3.05) is 19.0 Å². The number of thioether (sulfide) groups is 1. The predicted octanol–water partition coefficient (Wildman–Crippen LogP) is 2.81. The van der Waals surface area contributed by atoms with Crippen molar-refractivity contribution in [3.8, 4) is 5.75 Å². The van der Waals surface area contributed by atoms with Crippen molar-refractivity contribution in [2.24, 2.45) is 0 Å². The van der Waals surface area contributed by atoms with Crippen LogP contribution in [-0.2, 0) is 0 Å². The molecule has 0 bridgehead atoms. The summed E-state index contributed by atoms with van der Waals surface area (Å²) in [4.78, 5) is 8.43. The van der Waals surface area contributed by atoms with E-state index in [2.05, 4.69) is 36.1 Å². The maximum Gasteiger partial charge on any atom is 0.193 e. The maximum absolute atomic E-state index is 5.37. The van der Waals surface area contributed by atoms with E-state index in [-0.39, 0.29) is 4.75 Å². The van der Waals surface area contributed by atoms with E-state index in [0.29, 0.717) is 0 Å². The van der Waals surface area contributed by atoms with Crippen molar-refractivity contribution in [3.05, 3.63) is 6.33 Å². The Morgan fingerprint density at radius 2 is 2.06 bits per heavy atom. The number of hydrogen-bond donors (Lipinski definition) is 1. The van der Waals surface area contributed by atoms with Gasteiger partial charge < -0.3 is 10.1 Å². The zero-order valence-corrected chi connectivity index (χ0v) is 11.3. The smallest absolute Gasteiger partial charge is 0.193 e. The monoisotopic (exact) mass is 241 g/mol. The SMILES string of the molecule is CCNc1ncnc(SC(C)(C)C)c1OC. The first kappa shape index (κ1) is 13.1.